The Morgan fingerprint density at radius 3 is 2.36 bits per heavy atom. The Hall–Kier alpha value is -0.0800. The summed E-state index contributed by atoms with van der Waals surface area (Å²) in [6, 6.07) is 0. The summed E-state index contributed by atoms with van der Waals surface area (Å²) in [5, 5.41) is 13.3. The highest BCUT2D eigenvalue weighted by Gasteiger charge is 2.55. The summed E-state index contributed by atoms with van der Waals surface area (Å²) >= 11 is 0. The lowest BCUT2D eigenvalue weighted by Gasteiger charge is -2.58. The van der Waals surface area contributed by atoms with E-state index in [1.165, 1.54) is 12.8 Å². The molecule has 0 amide bonds. The second kappa shape index (κ2) is 1.99. The Bertz CT molecular complexity index is 159. The van der Waals surface area contributed by atoms with Crippen LogP contribution in [-0.4, -0.2) is 23.8 Å². The van der Waals surface area contributed by atoms with E-state index in [2.05, 4.69) is 5.32 Å². The van der Waals surface area contributed by atoms with Crippen LogP contribution in [0.25, 0.3) is 0 Å². The third-order valence-corrected chi connectivity index (χ3v) is 3.55. The monoisotopic (exact) mass is 155 g/mol. The summed E-state index contributed by atoms with van der Waals surface area (Å²) in [4.78, 5) is 0. The minimum Gasteiger partial charge on any atom is -0.390 e. The summed E-state index contributed by atoms with van der Waals surface area (Å²) < 4.78 is 0. The molecule has 0 aromatic heterocycles. The number of hydrogen-bond acceptors (Lipinski definition) is 2. The average molecular weight is 155 g/mol. The molecule has 2 aliphatic heterocycles. The standard InChI is InChI=1S/C9H17NO/c1-8(2,11)9-3-7(4-9)5-10-6-9/h7,10-11H,3-6H2,1-2H3. The highest BCUT2D eigenvalue weighted by molar-refractivity contribution is 5.07. The van der Waals surface area contributed by atoms with Crippen molar-refractivity contribution in [2.24, 2.45) is 11.3 Å². The maximum atomic E-state index is 9.90. The van der Waals surface area contributed by atoms with Crippen molar-refractivity contribution in [2.75, 3.05) is 13.1 Å². The van der Waals surface area contributed by atoms with Crippen LogP contribution in [0.15, 0.2) is 0 Å². The van der Waals surface area contributed by atoms with Crippen LogP contribution >= 0.6 is 0 Å². The van der Waals surface area contributed by atoms with E-state index >= 15 is 0 Å². The predicted molar refractivity (Wildman–Crippen MR) is 44.3 cm³/mol. The molecule has 2 heteroatoms. The summed E-state index contributed by atoms with van der Waals surface area (Å²) in [6.45, 7) is 6.05. The van der Waals surface area contributed by atoms with Gasteiger partial charge in [0.25, 0.3) is 0 Å². The number of fused-ring (bicyclic) bond motifs is 2. The van der Waals surface area contributed by atoms with Gasteiger partial charge in [-0.25, -0.2) is 0 Å². The number of hydrogen-bond donors (Lipinski definition) is 2. The topological polar surface area (TPSA) is 32.3 Å². The lowest BCUT2D eigenvalue weighted by Crippen LogP contribution is -2.63. The Balaban J connectivity index is 2.13. The second-order valence-electron chi connectivity index (χ2n) is 4.74. The van der Waals surface area contributed by atoms with Crippen molar-refractivity contribution >= 4 is 0 Å². The Labute approximate surface area is 68.0 Å². The molecule has 0 aromatic carbocycles. The van der Waals surface area contributed by atoms with Crippen LogP contribution < -0.4 is 5.32 Å². The number of piperidine rings is 2. The van der Waals surface area contributed by atoms with Crippen molar-refractivity contribution < 1.29 is 5.11 Å². The maximum absolute atomic E-state index is 9.90. The highest BCUT2D eigenvalue weighted by atomic mass is 16.3. The van der Waals surface area contributed by atoms with Gasteiger partial charge in [-0.3, -0.25) is 0 Å². The van der Waals surface area contributed by atoms with Crippen LogP contribution in [0.1, 0.15) is 26.7 Å². The van der Waals surface area contributed by atoms with E-state index in [0.717, 1.165) is 19.0 Å². The molecule has 11 heavy (non-hydrogen) atoms. The molecular weight excluding hydrogens is 138 g/mol. The molecular formula is C9H17NO. The Morgan fingerprint density at radius 1 is 1.45 bits per heavy atom. The molecule has 3 aliphatic rings. The van der Waals surface area contributed by atoms with Gasteiger partial charge in [-0.2, -0.15) is 0 Å². The van der Waals surface area contributed by atoms with Gasteiger partial charge in [0.2, 0.25) is 0 Å². The highest BCUT2D eigenvalue weighted by Crippen LogP contribution is 2.54. The largest absolute Gasteiger partial charge is 0.390 e. The van der Waals surface area contributed by atoms with Crippen LogP contribution in [0, 0.1) is 11.3 Å². The quantitative estimate of drug-likeness (QED) is 0.586. The van der Waals surface area contributed by atoms with Gasteiger partial charge >= 0.3 is 0 Å². The first-order chi connectivity index (χ1) is 5.04. The van der Waals surface area contributed by atoms with E-state index < -0.39 is 5.60 Å². The van der Waals surface area contributed by atoms with Crippen molar-refractivity contribution in [2.45, 2.75) is 32.3 Å². The van der Waals surface area contributed by atoms with Crippen LogP contribution in [0.4, 0.5) is 0 Å². The molecule has 2 nitrogen and oxygen atoms in total. The van der Waals surface area contributed by atoms with E-state index in [4.69, 9.17) is 0 Å². The maximum Gasteiger partial charge on any atom is 0.0660 e. The Morgan fingerprint density at radius 2 is 2.09 bits per heavy atom. The molecule has 2 saturated heterocycles. The number of aliphatic hydroxyl groups is 1. The molecule has 1 aliphatic carbocycles. The van der Waals surface area contributed by atoms with Gasteiger partial charge in [0, 0.05) is 12.0 Å². The van der Waals surface area contributed by atoms with Gasteiger partial charge in [0.05, 0.1) is 5.60 Å². The van der Waals surface area contributed by atoms with Crippen LogP contribution in [0.5, 0.6) is 0 Å². The van der Waals surface area contributed by atoms with Crippen molar-refractivity contribution in [1.29, 1.82) is 0 Å². The lowest BCUT2D eigenvalue weighted by molar-refractivity contribution is -0.144. The van der Waals surface area contributed by atoms with E-state index in [1.807, 2.05) is 13.8 Å². The fourth-order valence-corrected chi connectivity index (χ4v) is 2.57. The zero-order chi connectivity index (χ0) is 8.11. The molecule has 0 spiro atoms. The molecule has 2 N–H and O–H groups in total. The fourth-order valence-electron chi connectivity index (χ4n) is 2.57. The summed E-state index contributed by atoms with van der Waals surface area (Å²) in [5.41, 5.74) is -0.285. The molecule has 64 valence electrons. The first-order valence-corrected chi connectivity index (χ1v) is 4.47. The molecule has 2 bridgehead atoms. The van der Waals surface area contributed by atoms with Crippen molar-refractivity contribution in [3.8, 4) is 0 Å². The van der Waals surface area contributed by atoms with E-state index in [-0.39, 0.29) is 5.41 Å². The van der Waals surface area contributed by atoms with E-state index in [0.29, 0.717) is 0 Å². The minimum atomic E-state index is -0.489. The first kappa shape index (κ1) is 7.56. The van der Waals surface area contributed by atoms with Gasteiger partial charge < -0.3 is 10.4 Å². The van der Waals surface area contributed by atoms with Gasteiger partial charge in [0.15, 0.2) is 0 Å². The number of rotatable bonds is 1. The molecule has 3 fully saturated rings. The first-order valence-electron chi connectivity index (χ1n) is 4.47. The van der Waals surface area contributed by atoms with Crippen molar-refractivity contribution in [3.63, 3.8) is 0 Å². The van der Waals surface area contributed by atoms with Crippen molar-refractivity contribution in [3.05, 3.63) is 0 Å². The normalized spacial score (nSPS) is 43.4. The van der Waals surface area contributed by atoms with E-state index in [1.54, 1.807) is 0 Å². The van der Waals surface area contributed by atoms with E-state index in [9.17, 15) is 5.11 Å². The zero-order valence-electron chi connectivity index (χ0n) is 7.35. The van der Waals surface area contributed by atoms with Gasteiger partial charge in [-0.05, 0) is 39.2 Å². The second-order valence-corrected chi connectivity index (χ2v) is 4.74. The summed E-state index contributed by atoms with van der Waals surface area (Å²) in [5.74, 6) is 0.843. The predicted octanol–water partition coefficient (Wildman–Crippen LogP) is 0.757. The lowest BCUT2D eigenvalue weighted by atomic mass is 9.53. The van der Waals surface area contributed by atoms with Gasteiger partial charge in [-0.1, -0.05) is 0 Å². The fraction of sp³-hybridized carbons (Fsp3) is 1.00. The van der Waals surface area contributed by atoms with Crippen molar-refractivity contribution in [1.82, 2.24) is 5.32 Å². The average Bonchev–Trinajstić information content (AvgIpc) is 1.85. The molecule has 0 atom stereocenters. The third-order valence-electron chi connectivity index (χ3n) is 3.55. The molecule has 0 aromatic rings. The third kappa shape index (κ3) is 0.926. The molecule has 1 saturated carbocycles. The molecule has 0 radical (unpaired) electrons. The summed E-state index contributed by atoms with van der Waals surface area (Å²) in [6.07, 6.45) is 2.45. The van der Waals surface area contributed by atoms with Crippen LogP contribution in [0.2, 0.25) is 0 Å². The smallest absolute Gasteiger partial charge is 0.0660 e. The van der Waals surface area contributed by atoms with Gasteiger partial charge in [-0.15, -0.1) is 0 Å². The van der Waals surface area contributed by atoms with Crippen LogP contribution in [0.3, 0.4) is 0 Å². The number of nitrogens with one attached hydrogen (secondary N) is 1. The molecule has 3 rings (SSSR count). The van der Waals surface area contributed by atoms with Gasteiger partial charge in [0.1, 0.15) is 0 Å². The molecule has 2 heterocycles. The van der Waals surface area contributed by atoms with Crippen LogP contribution in [-0.2, 0) is 0 Å². The molecule has 0 unspecified atom stereocenters. The summed E-state index contributed by atoms with van der Waals surface area (Å²) in [7, 11) is 0. The SMILES string of the molecule is CC(C)(O)C12CNCC(C1)C2. The Kier molecular flexibility index (Phi) is 1.37. The minimum absolute atomic E-state index is 0.204. The zero-order valence-corrected chi connectivity index (χ0v) is 7.35.